The first-order valence-electron chi connectivity index (χ1n) is 16.0. The molecule has 0 aromatic heterocycles. The second-order valence-corrected chi connectivity index (χ2v) is 16.2. The molecule has 2 N–H and O–H groups in total. The fourth-order valence-electron chi connectivity index (χ4n) is 12.7. The lowest BCUT2D eigenvalue weighted by Crippen LogP contribution is -2.67. The Labute approximate surface area is 234 Å². The molecule has 2 aliphatic heterocycles. The molecule has 7 aliphatic rings. The van der Waals surface area contributed by atoms with Crippen molar-refractivity contribution in [2.45, 2.75) is 136 Å². The lowest BCUT2D eigenvalue weighted by molar-refractivity contribution is -0.232. The maximum atomic E-state index is 14.4. The first kappa shape index (κ1) is 27.0. The first-order valence-corrected chi connectivity index (χ1v) is 16.0. The lowest BCUT2D eigenvalue weighted by Gasteiger charge is -2.72. The quantitative estimate of drug-likeness (QED) is 0.494. The molecule has 0 radical (unpaired) electrons. The standard InChI is InChI=1S/C33H50O6/c1-29(2)21-10-14-32(5)22(30(21,3)13-11-23(29)35)9-8-18-19-7-6-12-33(19,16-15-31(18,32)4)28(37)27-24(36)26-25(39-26)20(17-34)38-27/h18-22,24-27,34,36H,6-17H2,1-5H3/t18?,19?,20?,21?,22?,24?,25?,26?,27?,30?,31-,32?,33?/m1/s1. The Morgan fingerprint density at radius 1 is 0.846 bits per heavy atom. The van der Waals surface area contributed by atoms with Crippen LogP contribution in [0.15, 0.2) is 0 Å². The van der Waals surface area contributed by atoms with E-state index in [4.69, 9.17) is 9.47 Å². The average molecular weight is 543 g/mol. The highest BCUT2D eigenvalue weighted by Crippen LogP contribution is 2.76. The predicted octanol–water partition coefficient (Wildman–Crippen LogP) is 4.87. The van der Waals surface area contributed by atoms with Gasteiger partial charge in [-0.05, 0) is 97.7 Å². The molecule has 2 saturated heterocycles. The van der Waals surface area contributed by atoms with Crippen LogP contribution in [0.25, 0.3) is 0 Å². The van der Waals surface area contributed by atoms with Gasteiger partial charge in [0.05, 0.1) is 6.61 Å². The van der Waals surface area contributed by atoms with Crippen LogP contribution in [0.5, 0.6) is 0 Å². The normalized spacial score (nSPS) is 57.4. The van der Waals surface area contributed by atoms with Crippen molar-refractivity contribution < 1.29 is 29.3 Å². The second kappa shape index (κ2) is 8.39. The largest absolute Gasteiger partial charge is 0.394 e. The van der Waals surface area contributed by atoms with Gasteiger partial charge in [-0.15, -0.1) is 0 Å². The molecule has 2 heterocycles. The number of aliphatic hydroxyl groups excluding tert-OH is 2. The Morgan fingerprint density at radius 3 is 2.36 bits per heavy atom. The van der Waals surface area contributed by atoms with Gasteiger partial charge in [0.1, 0.15) is 36.3 Å². The van der Waals surface area contributed by atoms with Crippen LogP contribution in [0.1, 0.15) is 105 Å². The Bertz CT molecular complexity index is 1070. The maximum absolute atomic E-state index is 14.4. The number of epoxide rings is 1. The smallest absolute Gasteiger partial charge is 0.170 e. The summed E-state index contributed by atoms with van der Waals surface area (Å²) in [5.41, 5.74) is -0.102. The summed E-state index contributed by atoms with van der Waals surface area (Å²) in [5.74, 6) is 2.44. The van der Waals surface area contributed by atoms with Gasteiger partial charge in [-0.1, -0.05) is 41.0 Å². The topological polar surface area (TPSA) is 96.4 Å². The van der Waals surface area contributed by atoms with E-state index in [1.165, 1.54) is 12.8 Å². The van der Waals surface area contributed by atoms with Gasteiger partial charge in [0.2, 0.25) is 0 Å². The van der Waals surface area contributed by atoms with Crippen LogP contribution >= 0.6 is 0 Å². The monoisotopic (exact) mass is 542 g/mol. The molecule has 6 heteroatoms. The molecular weight excluding hydrogens is 492 g/mol. The van der Waals surface area contributed by atoms with Crippen LogP contribution in [-0.4, -0.2) is 58.9 Å². The number of carbonyl (C=O) groups excluding carboxylic acids is 2. The van der Waals surface area contributed by atoms with Crippen LogP contribution in [0.2, 0.25) is 0 Å². The SMILES string of the molecule is CC1(C)C(=O)CCC2(C)C1CCC1(C)C2CCC2C3CCCC3(C(=O)C3OC(CO)C4OC4C3O)CC[C@]21C. The number of Topliss-reactive ketones (excluding diaryl/α,β-unsaturated/α-hetero) is 2. The molecule has 7 rings (SSSR count). The molecule has 6 nitrogen and oxygen atoms in total. The van der Waals surface area contributed by atoms with Gasteiger partial charge >= 0.3 is 0 Å². The van der Waals surface area contributed by atoms with E-state index >= 15 is 0 Å². The predicted molar refractivity (Wildman–Crippen MR) is 146 cm³/mol. The van der Waals surface area contributed by atoms with Crippen LogP contribution in [0.3, 0.4) is 0 Å². The number of ether oxygens (including phenoxy) is 2. The van der Waals surface area contributed by atoms with E-state index in [2.05, 4.69) is 34.6 Å². The zero-order chi connectivity index (χ0) is 27.8. The van der Waals surface area contributed by atoms with E-state index < -0.39 is 23.7 Å². The third-order valence-corrected chi connectivity index (χ3v) is 14.9. The van der Waals surface area contributed by atoms with Gasteiger partial charge in [-0.2, -0.15) is 0 Å². The number of hydrogen-bond donors (Lipinski definition) is 2. The highest BCUT2D eigenvalue weighted by molar-refractivity contribution is 5.90. The van der Waals surface area contributed by atoms with Crippen LogP contribution in [-0.2, 0) is 19.1 Å². The van der Waals surface area contributed by atoms with Crippen molar-refractivity contribution in [2.24, 2.45) is 50.7 Å². The molecule has 7 fully saturated rings. The van der Waals surface area contributed by atoms with Crippen molar-refractivity contribution in [3.8, 4) is 0 Å². The molecule has 39 heavy (non-hydrogen) atoms. The van der Waals surface area contributed by atoms with Gasteiger partial charge < -0.3 is 19.7 Å². The minimum atomic E-state index is -0.935. The molecule has 0 bridgehead atoms. The third-order valence-electron chi connectivity index (χ3n) is 14.9. The van der Waals surface area contributed by atoms with Gasteiger partial charge in [-0.25, -0.2) is 0 Å². The molecule has 0 spiro atoms. The number of fused-ring (bicyclic) bond motifs is 8. The zero-order valence-electron chi connectivity index (χ0n) is 24.7. The summed E-state index contributed by atoms with van der Waals surface area (Å²) in [7, 11) is 0. The fraction of sp³-hybridized carbons (Fsp3) is 0.939. The second-order valence-electron chi connectivity index (χ2n) is 16.2. The number of ketones is 2. The van der Waals surface area contributed by atoms with Gasteiger partial charge in [0.15, 0.2) is 5.78 Å². The highest BCUT2D eigenvalue weighted by Gasteiger charge is 2.72. The van der Waals surface area contributed by atoms with Crippen molar-refractivity contribution in [1.29, 1.82) is 0 Å². The Morgan fingerprint density at radius 2 is 1.62 bits per heavy atom. The molecule has 5 saturated carbocycles. The van der Waals surface area contributed by atoms with Crippen molar-refractivity contribution in [3.63, 3.8) is 0 Å². The van der Waals surface area contributed by atoms with E-state index in [0.717, 1.165) is 57.8 Å². The van der Waals surface area contributed by atoms with Crippen molar-refractivity contribution in [1.82, 2.24) is 0 Å². The van der Waals surface area contributed by atoms with Crippen molar-refractivity contribution in [3.05, 3.63) is 0 Å². The summed E-state index contributed by atoms with van der Waals surface area (Å²) < 4.78 is 11.7. The summed E-state index contributed by atoms with van der Waals surface area (Å²) in [6, 6.07) is 0. The van der Waals surface area contributed by atoms with E-state index in [1.807, 2.05) is 0 Å². The molecule has 12 unspecified atom stereocenters. The summed E-state index contributed by atoms with van der Waals surface area (Å²) in [4.78, 5) is 27.4. The molecule has 218 valence electrons. The third kappa shape index (κ3) is 3.24. The van der Waals surface area contributed by atoms with Gasteiger partial charge in [-0.3, -0.25) is 9.59 Å². The Balaban J connectivity index is 1.20. The van der Waals surface area contributed by atoms with Gasteiger partial charge in [0, 0.05) is 17.3 Å². The van der Waals surface area contributed by atoms with Gasteiger partial charge in [0.25, 0.3) is 0 Å². The van der Waals surface area contributed by atoms with Crippen molar-refractivity contribution in [2.75, 3.05) is 6.61 Å². The molecule has 0 aromatic carbocycles. The van der Waals surface area contributed by atoms with Crippen molar-refractivity contribution >= 4 is 11.6 Å². The number of rotatable bonds is 3. The summed E-state index contributed by atoms with van der Waals surface area (Å²) in [5, 5.41) is 20.8. The molecule has 0 amide bonds. The molecule has 13 atom stereocenters. The molecule has 5 aliphatic carbocycles. The summed E-state index contributed by atoms with van der Waals surface area (Å²) in [6.07, 6.45) is 8.37. The van der Waals surface area contributed by atoms with Crippen LogP contribution in [0.4, 0.5) is 0 Å². The first-order chi connectivity index (χ1) is 18.3. The summed E-state index contributed by atoms with van der Waals surface area (Å²) in [6.45, 7) is 11.9. The number of carbonyl (C=O) groups is 2. The minimum absolute atomic E-state index is 0.0856. The van der Waals surface area contributed by atoms with Crippen LogP contribution in [0, 0.1) is 50.7 Å². The highest BCUT2D eigenvalue weighted by atomic mass is 16.7. The average Bonchev–Trinajstić information content (AvgIpc) is 3.59. The maximum Gasteiger partial charge on any atom is 0.170 e. The fourth-order valence-corrected chi connectivity index (χ4v) is 12.7. The molecular formula is C33H50O6. The Kier molecular flexibility index (Phi) is 5.81. The zero-order valence-corrected chi connectivity index (χ0v) is 24.7. The van der Waals surface area contributed by atoms with E-state index in [9.17, 15) is 19.8 Å². The molecule has 0 aromatic rings. The number of hydrogen-bond acceptors (Lipinski definition) is 6. The number of aliphatic hydroxyl groups is 2. The van der Waals surface area contributed by atoms with E-state index in [-0.39, 0.29) is 46.3 Å². The minimum Gasteiger partial charge on any atom is -0.394 e. The van der Waals surface area contributed by atoms with E-state index in [1.54, 1.807) is 0 Å². The van der Waals surface area contributed by atoms with E-state index in [0.29, 0.717) is 29.5 Å². The summed E-state index contributed by atoms with van der Waals surface area (Å²) >= 11 is 0. The lowest BCUT2D eigenvalue weighted by atomic mass is 9.32. The Hall–Kier alpha value is -0.820. The van der Waals surface area contributed by atoms with Crippen LogP contribution < -0.4 is 0 Å².